The number of hydrogen-bond acceptors (Lipinski definition) is 2. The molecule has 0 spiro atoms. The second kappa shape index (κ2) is 5.19. The van der Waals surface area contributed by atoms with Crippen LogP contribution in [-0.2, 0) is 0 Å². The number of aliphatic hydroxyl groups is 2. The molecule has 2 heteroatoms. The lowest BCUT2D eigenvalue weighted by Crippen LogP contribution is -2.49. The number of rotatable bonds is 4. The van der Waals surface area contributed by atoms with Gasteiger partial charge in [0.05, 0.1) is 12.7 Å². The SMILES string of the molecule is C=C[C@]1(CO)C(O)C[C@@H](C(=C)C)C[C@H]1C(=C)C. The van der Waals surface area contributed by atoms with Gasteiger partial charge in [-0.1, -0.05) is 30.4 Å². The van der Waals surface area contributed by atoms with Gasteiger partial charge >= 0.3 is 0 Å². The smallest absolute Gasteiger partial charge is 0.0664 e. The molecule has 0 aromatic rings. The largest absolute Gasteiger partial charge is 0.395 e. The summed E-state index contributed by atoms with van der Waals surface area (Å²) in [5.41, 5.74) is 1.44. The van der Waals surface area contributed by atoms with E-state index in [-0.39, 0.29) is 12.5 Å². The monoisotopic (exact) mass is 236 g/mol. The van der Waals surface area contributed by atoms with Crippen LogP contribution in [0.3, 0.4) is 0 Å². The van der Waals surface area contributed by atoms with E-state index in [1.165, 1.54) is 0 Å². The van der Waals surface area contributed by atoms with Crippen LogP contribution in [-0.4, -0.2) is 22.9 Å². The quantitative estimate of drug-likeness (QED) is 0.737. The van der Waals surface area contributed by atoms with Gasteiger partial charge in [-0.05, 0) is 38.5 Å². The van der Waals surface area contributed by atoms with Crippen molar-refractivity contribution in [1.29, 1.82) is 0 Å². The molecule has 0 aromatic heterocycles. The van der Waals surface area contributed by atoms with Gasteiger partial charge in [-0.2, -0.15) is 0 Å². The van der Waals surface area contributed by atoms with Crippen molar-refractivity contribution >= 4 is 0 Å². The summed E-state index contributed by atoms with van der Waals surface area (Å²) in [6.45, 7) is 15.6. The topological polar surface area (TPSA) is 40.5 Å². The lowest BCUT2D eigenvalue weighted by Gasteiger charge is -2.48. The molecule has 0 bridgehead atoms. The Kier molecular flexibility index (Phi) is 4.34. The first kappa shape index (κ1) is 14.2. The van der Waals surface area contributed by atoms with Gasteiger partial charge < -0.3 is 10.2 Å². The summed E-state index contributed by atoms with van der Waals surface area (Å²) in [5, 5.41) is 20.0. The van der Waals surface area contributed by atoms with Crippen LogP contribution < -0.4 is 0 Å². The Balaban J connectivity index is 3.10. The fourth-order valence-corrected chi connectivity index (χ4v) is 2.94. The highest BCUT2D eigenvalue weighted by Gasteiger charge is 2.47. The molecular weight excluding hydrogens is 212 g/mol. The second-order valence-corrected chi connectivity index (χ2v) is 5.40. The molecule has 17 heavy (non-hydrogen) atoms. The maximum Gasteiger partial charge on any atom is 0.0664 e. The van der Waals surface area contributed by atoms with Crippen molar-refractivity contribution in [3.63, 3.8) is 0 Å². The van der Waals surface area contributed by atoms with Gasteiger partial charge in [-0.15, -0.1) is 6.58 Å². The Bertz CT molecular complexity index is 332. The summed E-state index contributed by atoms with van der Waals surface area (Å²) >= 11 is 0. The highest BCUT2D eigenvalue weighted by molar-refractivity contribution is 5.19. The van der Waals surface area contributed by atoms with Crippen LogP contribution in [0.5, 0.6) is 0 Å². The van der Waals surface area contributed by atoms with Crippen LogP contribution in [0.4, 0.5) is 0 Å². The second-order valence-electron chi connectivity index (χ2n) is 5.40. The number of aliphatic hydroxyl groups excluding tert-OH is 2. The van der Waals surface area contributed by atoms with Crippen LogP contribution in [0, 0.1) is 17.3 Å². The fraction of sp³-hybridized carbons (Fsp3) is 0.600. The molecule has 0 heterocycles. The zero-order valence-corrected chi connectivity index (χ0v) is 10.9. The Labute approximate surface area is 104 Å². The van der Waals surface area contributed by atoms with E-state index in [0.717, 1.165) is 17.6 Å². The van der Waals surface area contributed by atoms with E-state index in [1.807, 2.05) is 13.8 Å². The van der Waals surface area contributed by atoms with Crippen molar-refractivity contribution in [1.82, 2.24) is 0 Å². The minimum absolute atomic E-state index is 0.0652. The summed E-state index contributed by atoms with van der Waals surface area (Å²) in [5.74, 6) is 0.363. The molecule has 96 valence electrons. The van der Waals surface area contributed by atoms with Gasteiger partial charge in [0.2, 0.25) is 0 Å². The van der Waals surface area contributed by atoms with Gasteiger partial charge in [-0.3, -0.25) is 0 Å². The zero-order chi connectivity index (χ0) is 13.2. The Morgan fingerprint density at radius 2 is 1.88 bits per heavy atom. The van der Waals surface area contributed by atoms with Crippen molar-refractivity contribution in [3.8, 4) is 0 Å². The normalized spacial score (nSPS) is 37.5. The highest BCUT2D eigenvalue weighted by Crippen LogP contribution is 2.48. The molecule has 0 amide bonds. The van der Waals surface area contributed by atoms with Gasteiger partial charge in [0.25, 0.3) is 0 Å². The minimum Gasteiger partial charge on any atom is -0.395 e. The van der Waals surface area contributed by atoms with Gasteiger partial charge in [0.15, 0.2) is 0 Å². The van der Waals surface area contributed by atoms with E-state index >= 15 is 0 Å². The summed E-state index contributed by atoms with van der Waals surface area (Å²) < 4.78 is 0. The standard InChI is InChI=1S/C15H24O2/c1-6-15(9-16)13(11(4)5)7-12(10(2)3)8-14(15)17/h6,12-14,16-17H,1-2,4,7-9H2,3,5H3/t12-,13-,14?,15+/m0/s1. The molecule has 1 aliphatic carbocycles. The molecule has 0 aromatic carbocycles. The summed E-state index contributed by atoms with van der Waals surface area (Å²) in [6, 6.07) is 0. The zero-order valence-electron chi connectivity index (χ0n) is 10.9. The van der Waals surface area contributed by atoms with Crippen LogP contribution in [0.25, 0.3) is 0 Å². The van der Waals surface area contributed by atoms with E-state index < -0.39 is 11.5 Å². The van der Waals surface area contributed by atoms with E-state index in [0.29, 0.717) is 12.3 Å². The Morgan fingerprint density at radius 1 is 1.29 bits per heavy atom. The average Bonchev–Trinajstić information content (AvgIpc) is 2.28. The average molecular weight is 236 g/mol. The van der Waals surface area contributed by atoms with E-state index in [2.05, 4.69) is 19.7 Å². The molecule has 0 saturated heterocycles. The molecule has 0 aliphatic heterocycles. The molecule has 4 atom stereocenters. The summed E-state index contributed by atoms with van der Waals surface area (Å²) in [7, 11) is 0. The highest BCUT2D eigenvalue weighted by atomic mass is 16.3. The first-order valence-electron chi connectivity index (χ1n) is 6.12. The third-order valence-electron chi connectivity index (χ3n) is 4.24. The maximum absolute atomic E-state index is 10.3. The predicted octanol–water partition coefficient (Wildman–Crippen LogP) is 2.69. The lowest BCUT2D eigenvalue weighted by molar-refractivity contribution is -0.0548. The molecule has 1 saturated carbocycles. The van der Waals surface area contributed by atoms with Crippen LogP contribution in [0.15, 0.2) is 37.0 Å². The molecule has 0 radical (unpaired) electrons. The fourth-order valence-electron chi connectivity index (χ4n) is 2.94. The van der Waals surface area contributed by atoms with Crippen LogP contribution >= 0.6 is 0 Å². The van der Waals surface area contributed by atoms with Crippen molar-refractivity contribution in [2.45, 2.75) is 32.8 Å². The van der Waals surface area contributed by atoms with Crippen LogP contribution in [0.1, 0.15) is 26.7 Å². The van der Waals surface area contributed by atoms with Crippen molar-refractivity contribution in [3.05, 3.63) is 37.0 Å². The first-order valence-corrected chi connectivity index (χ1v) is 6.12. The van der Waals surface area contributed by atoms with Crippen molar-refractivity contribution in [2.75, 3.05) is 6.61 Å². The van der Waals surface area contributed by atoms with Gasteiger partial charge in [0.1, 0.15) is 0 Å². The summed E-state index contributed by atoms with van der Waals surface area (Å²) in [6.07, 6.45) is 2.65. The van der Waals surface area contributed by atoms with Crippen molar-refractivity contribution < 1.29 is 10.2 Å². The van der Waals surface area contributed by atoms with E-state index in [1.54, 1.807) is 6.08 Å². The van der Waals surface area contributed by atoms with E-state index in [9.17, 15) is 10.2 Å². The third kappa shape index (κ3) is 2.38. The molecule has 2 N–H and O–H groups in total. The molecule has 1 aliphatic rings. The predicted molar refractivity (Wildman–Crippen MR) is 71.6 cm³/mol. The molecule has 1 unspecified atom stereocenters. The minimum atomic E-state index is -0.641. The molecular formula is C15H24O2. The number of hydrogen-bond donors (Lipinski definition) is 2. The third-order valence-corrected chi connectivity index (χ3v) is 4.24. The van der Waals surface area contributed by atoms with E-state index in [4.69, 9.17) is 0 Å². The first-order chi connectivity index (χ1) is 7.89. The molecule has 2 nitrogen and oxygen atoms in total. The van der Waals surface area contributed by atoms with Crippen molar-refractivity contribution in [2.24, 2.45) is 17.3 Å². The lowest BCUT2D eigenvalue weighted by atomic mass is 9.59. The molecule has 1 fully saturated rings. The Hall–Kier alpha value is -0.860. The summed E-state index contributed by atoms with van der Waals surface area (Å²) in [4.78, 5) is 0. The maximum atomic E-state index is 10.3. The van der Waals surface area contributed by atoms with Crippen LogP contribution in [0.2, 0.25) is 0 Å². The molecule has 1 rings (SSSR count). The Morgan fingerprint density at radius 3 is 2.24 bits per heavy atom. The van der Waals surface area contributed by atoms with Gasteiger partial charge in [-0.25, -0.2) is 0 Å². The van der Waals surface area contributed by atoms with Gasteiger partial charge in [0, 0.05) is 5.41 Å². The number of allylic oxidation sites excluding steroid dienone is 2.